The normalized spacial score (nSPS) is 16.9. The van der Waals surface area contributed by atoms with E-state index in [2.05, 4.69) is 0 Å². The van der Waals surface area contributed by atoms with Crippen LogP contribution in [0.25, 0.3) is 6.08 Å². The maximum Gasteiger partial charge on any atom is 0.336 e. The van der Waals surface area contributed by atoms with Gasteiger partial charge in [0.05, 0.1) is 6.61 Å². The number of fused-ring (bicyclic) bond motifs is 2. The minimum absolute atomic E-state index is 0.143. The fraction of sp³-hybridized carbons (Fsp3) is 0.286. The van der Waals surface area contributed by atoms with Crippen molar-refractivity contribution in [2.24, 2.45) is 0 Å². The molecule has 0 saturated carbocycles. The minimum Gasteiger partial charge on any atom is -0.493 e. The lowest BCUT2D eigenvalue weighted by Crippen LogP contribution is -2.05. The summed E-state index contributed by atoms with van der Waals surface area (Å²) >= 11 is 0. The van der Waals surface area contributed by atoms with Crippen LogP contribution in [0.15, 0.2) is 36.4 Å². The molecule has 0 unspecified atom stereocenters. The van der Waals surface area contributed by atoms with E-state index >= 15 is 0 Å². The molecule has 2 aromatic rings. The van der Waals surface area contributed by atoms with Crippen LogP contribution in [0, 0.1) is 0 Å². The summed E-state index contributed by atoms with van der Waals surface area (Å²) in [5, 5.41) is 0. The van der Waals surface area contributed by atoms with Gasteiger partial charge in [0.1, 0.15) is 23.4 Å². The number of hydrogen-bond donors (Lipinski definition) is 0. The quantitative estimate of drug-likeness (QED) is 0.455. The molecule has 4 rings (SSSR count). The molecule has 2 aromatic carbocycles. The average molecular weight is 368 g/mol. The minimum atomic E-state index is -0.494. The lowest BCUT2D eigenvalue weighted by molar-refractivity contribution is -0.128. The van der Waals surface area contributed by atoms with Gasteiger partial charge in [-0.25, -0.2) is 4.79 Å². The summed E-state index contributed by atoms with van der Waals surface area (Å²) in [5.74, 6) is 2.65. The predicted octanol–water partition coefficient (Wildman–Crippen LogP) is 3.76. The van der Waals surface area contributed by atoms with Gasteiger partial charge in [0.15, 0.2) is 11.5 Å². The molecule has 0 saturated heterocycles. The highest BCUT2D eigenvalue weighted by Crippen LogP contribution is 2.36. The average Bonchev–Trinajstić information content (AvgIpc) is 3.24. The van der Waals surface area contributed by atoms with Crippen molar-refractivity contribution < 1.29 is 28.5 Å². The Morgan fingerprint density at radius 1 is 1.19 bits per heavy atom. The van der Waals surface area contributed by atoms with Gasteiger partial charge in [-0.05, 0) is 44.2 Å². The molecule has 27 heavy (non-hydrogen) atoms. The van der Waals surface area contributed by atoms with Gasteiger partial charge in [-0.3, -0.25) is 0 Å². The van der Waals surface area contributed by atoms with E-state index in [0.717, 1.165) is 29.0 Å². The van der Waals surface area contributed by atoms with Gasteiger partial charge >= 0.3 is 5.97 Å². The van der Waals surface area contributed by atoms with Crippen LogP contribution in [-0.4, -0.2) is 25.5 Å². The van der Waals surface area contributed by atoms with E-state index in [1.54, 1.807) is 24.3 Å². The molecule has 0 aromatic heterocycles. The standard InChI is InChI=1S/C21H20O6/c1-3-23-18-10-15-8-13(2)26-19(15)9-14(18)4-7-21(22)27-16-5-6-17-20(11-16)25-12-24-17/h4-7,9-11,13H,3,8,12H2,1-2H3/b7-4+/t13-/m1/s1. The van der Waals surface area contributed by atoms with Gasteiger partial charge in [0.2, 0.25) is 6.79 Å². The Kier molecular flexibility index (Phi) is 4.62. The molecule has 2 heterocycles. The first kappa shape index (κ1) is 17.3. The molecule has 1 atom stereocenters. The fourth-order valence-electron chi connectivity index (χ4n) is 3.11. The summed E-state index contributed by atoms with van der Waals surface area (Å²) < 4.78 is 27.4. The Morgan fingerprint density at radius 3 is 2.89 bits per heavy atom. The number of hydrogen-bond acceptors (Lipinski definition) is 6. The topological polar surface area (TPSA) is 63.2 Å². The summed E-state index contributed by atoms with van der Waals surface area (Å²) in [4.78, 5) is 12.2. The smallest absolute Gasteiger partial charge is 0.336 e. The first-order valence-electron chi connectivity index (χ1n) is 8.88. The number of esters is 1. The van der Waals surface area contributed by atoms with E-state index in [0.29, 0.717) is 23.9 Å². The molecule has 2 aliphatic rings. The van der Waals surface area contributed by atoms with Gasteiger partial charge < -0.3 is 23.7 Å². The molecular formula is C21H20O6. The predicted molar refractivity (Wildman–Crippen MR) is 98.6 cm³/mol. The highest BCUT2D eigenvalue weighted by Gasteiger charge is 2.21. The van der Waals surface area contributed by atoms with Crippen molar-refractivity contribution in [2.75, 3.05) is 13.4 Å². The molecule has 0 N–H and O–H groups in total. The van der Waals surface area contributed by atoms with Crippen molar-refractivity contribution in [1.82, 2.24) is 0 Å². The van der Waals surface area contributed by atoms with Crippen molar-refractivity contribution in [3.05, 3.63) is 47.5 Å². The van der Waals surface area contributed by atoms with E-state index in [9.17, 15) is 4.79 Å². The van der Waals surface area contributed by atoms with Crippen LogP contribution in [0.5, 0.6) is 28.7 Å². The largest absolute Gasteiger partial charge is 0.493 e. The van der Waals surface area contributed by atoms with Gasteiger partial charge in [-0.2, -0.15) is 0 Å². The zero-order valence-corrected chi connectivity index (χ0v) is 15.2. The molecule has 2 aliphatic heterocycles. The SMILES string of the molecule is CCOc1cc2c(cc1/C=C/C(=O)Oc1ccc3c(c1)OCO3)O[C@H](C)C2. The Labute approximate surface area is 157 Å². The Morgan fingerprint density at radius 2 is 2.04 bits per heavy atom. The number of benzene rings is 2. The van der Waals surface area contributed by atoms with Crippen LogP contribution in [0.3, 0.4) is 0 Å². The summed E-state index contributed by atoms with van der Waals surface area (Å²) in [6, 6.07) is 8.88. The highest BCUT2D eigenvalue weighted by atomic mass is 16.7. The zero-order valence-electron chi connectivity index (χ0n) is 15.2. The lowest BCUT2D eigenvalue weighted by Gasteiger charge is -2.10. The van der Waals surface area contributed by atoms with Crippen molar-refractivity contribution in [1.29, 1.82) is 0 Å². The third-order valence-electron chi connectivity index (χ3n) is 4.29. The van der Waals surface area contributed by atoms with Crippen molar-refractivity contribution in [2.45, 2.75) is 26.4 Å². The molecule has 6 heteroatoms. The molecule has 140 valence electrons. The molecule has 0 amide bonds. The van der Waals surface area contributed by atoms with E-state index < -0.39 is 5.97 Å². The molecule has 0 aliphatic carbocycles. The summed E-state index contributed by atoms with van der Waals surface area (Å²) in [7, 11) is 0. The van der Waals surface area contributed by atoms with E-state index in [4.69, 9.17) is 23.7 Å². The monoisotopic (exact) mass is 368 g/mol. The molecular weight excluding hydrogens is 348 g/mol. The van der Waals surface area contributed by atoms with Crippen LogP contribution in [0.1, 0.15) is 25.0 Å². The maximum atomic E-state index is 12.2. The number of rotatable bonds is 5. The van der Waals surface area contributed by atoms with Crippen molar-refractivity contribution >= 4 is 12.0 Å². The lowest BCUT2D eigenvalue weighted by atomic mass is 10.1. The van der Waals surface area contributed by atoms with Crippen LogP contribution < -0.4 is 23.7 Å². The van der Waals surface area contributed by atoms with Crippen LogP contribution >= 0.6 is 0 Å². The van der Waals surface area contributed by atoms with E-state index in [-0.39, 0.29) is 12.9 Å². The highest BCUT2D eigenvalue weighted by molar-refractivity contribution is 5.89. The number of ether oxygens (including phenoxy) is 5. The Hall–Kier alpha value is -3.15. The van der Waals surface area contributed by atoms with E-state index in [1.165, 1.54) is 6.08 Å². The maximum absolute atomic E-state index is 12.2. The van der Waals surface area contributed by atoms with Crippen LogP contribution in [0.4, 0.5) is 0 Å². The first-order valence-corrected chi connectivity index (χ1v) is 8.88. The number of carbonyl (C=O) groups excluding carboxylic acids is 1. The third-order valence-corrected chi connectivity index (χ3v) is 4.29. The van der Waals surface area contributed by atoms with E-state index in [1.807, 2.05) is 26.0 Å². The summed E-state index contributed by atoms with van der Waals surface area (Å²) in [6.07, 6.45) is 4.04. The van der Waals surface area contributed by atoms with Crippen molar-refractivity contribution in [3.63, 3.8) is 0 Å². The molecule has 0 radical (unpaired) electrons. The van der Waals surface area contributed by atoms with Crippen molar-refractivity contribution in [3.8, 4) is 28.7 Å². The third kappa shape index (κ3) is 3.69. The van der Waals surface area contributed by atoms with Gasteiger partial charge in [-0.1, -0.05) is 0 Å². The van der Waals surface area contributed by atoms with Gasteiger partial charge in [0.25, 0.3) is 0 Å². The Bertz CT molecular complexity index is 902. The second-order valence-electron chi connectivity index (χ2n) is 6.33. The summed E-state index contributed by atoms with van der Waals surface area (Å²) in [5.41, 5.74) is 1.89. The molecule has 0 fully saturated rings. The van der Waals surface area contributed by atoms with Crippen LogP contribution in [0.2, 0.25) is 0 Å². The zero-order chi connectivity index (χ0) is 18.8. The van der Waals surface area contributed by atoms with Crippen LogP contribution in [-0.2, 0) is 11.2 Å². The Balaban J connectivity index is 1.50. The second-order valence-corrected chi connectivity index (χ2v) is 6.33. The fourth-order valence-corrected chi connectivity index (χ4v) is 3.11. The molecule has 0 bridgehead atoms. The molecule has 6 nitrogen and oxygen atoms in total. The molecule has 0 spiro atoms. The second kappa shape index (κ2) is 7.23. The number of carbonyl (C=O) groups is 1. The van der Waals surface area contributed by atoms with Gasteiger partial charge in [-0.15, -0.1) is 0 Å². The first-order chi connectivity index (χ1) is 13.1. The van der Waals surface area contributed by atoms with Gasteiger partial charge in [0, 0.05) is 29.7 Å². The summed E-state index contributed by atoms with van der Waals surface area (Å²) in [6.45, 7) is 4.66.